The summed E-state index contributed by atoms with van der Waals surface area (Å²) < 4.78 is 20.0. The Balaban J connectivity index is 1.74. The van der Waals surface area contributed by atoms with Crippen molar-refractivity contribution in [3.63, 3.8) is 0 Å². The summed E-state index contributed by atoms with van der Waals surface area (Å²) in [6, 6.07) is 7.33. The standard InChI is InChI=1S/C18H18FN3O3/c1-11(20-8-15-7-17(23)18(24)10-25-15)16-9-21-22(12(16)2)14-5-3-13(19)4-6-14/h3-7,9-11,20,24H,8H2,1-2H3. The molecule has 0 aliphatic rings. The highest BCUT2D eigenvalue weighted by molar-refractivity contribution is 5.35. The molecule has 7 heteroatoms. The number of hydrogen-bond donors (Lipinski definition) is 2. The highest BCUT2D eigenvalue weighted by Gasteiger charge is 2.14. The van der Waals surface area contributed by atoms with E-state index >= 15 is 0 Å². The van der Waals surface area contributed by atoms with Gasteiger partial charge >= 0.3 is 0 Å². The van der Waals surface area contributed by atoms with Crippen molar-refractivity contribution < 1.29 is 13.9 Å². The number of aromatic hydroxyl groups is 1. The van der Waals surface area contributed by atoms with Crippen LogP contribution in [0.15, 0.2) is 52.0 Å². The number of rotatable bonds is 5. The molecule has 0 radical (unpaired) electrons. The molecular weight excluding hydrogens is 325 g/mol. The second-order valence-corrected chi connectivity index (χ2v) is 5.77. The lowest BCUT2D eigenvalue weighted by atomic mass is 10.1. The largest absolute Gasteiger partial charge is 0.502 e. The van der Waals surface area contributed by atoms with Crippen molar-refractivity contribution in [2.24, 2.45) is 0 Å². The van der Waals surface area contributed by atoms with Crippen molar-refractivity contribution in [1.82, 2.24) is 15.1 Å². The molecule has 2 N–H and O–H groups in total. The number of nitrogens with zero attached hydrogens (tertiary/aromatic N) is 2. The fraction of sp³-hybridized carbons (Fsp3) is 0.222. The molecule has 2 heterocycles. The van der Waals surface area contributed by atoms with Crippen LogP contribution in [0.25, 0.3) is 5.69 Å². The lowest BCUT2D eigenvalue weighted by Crippen LogP contribution is -2.19. The maximum Gasteiger partial charge on any atom is 0.226 e. The number of hydrogen-bond acceptors (Lipinski definition) is 5. The van der Waals surface area contributed by atoms with Crippen molar-refractivity contribution >= 4 is 0 Å². The highest BCUT2D eigenvalue weighted by atomic mass is 19.1. The van der Waals surface area contributed by atoms with Crippen LogP contribution in [-0.4, -0.2) is 14.9 Å². The minimum atomic E-state index is -0.476. The van der Waals surface area contributed by atoms with Crippen LogP contribution < -0.4 is 10.7 Å². The Hall–Kier alpha value is -2.93. The van der Waals surface area contributed by atoms with Gasteiger partial charge in [0.2, 0.25) is 5.43 Å². The molecule has 130 valence electrons. The second-order valence-electron chi connectivity index (χ2n) is 5.77. The molecule has 0 aliphatic carbocycles. The molecule has 6 nitrogen and oxygen atoms in total. The second kappa shape index (κ2) is 6.90. The van der Waals surface area contributed by atoms with Gasteiger partial charge in [-0.3, -0.25) is 4.79 Å². The van der Waals surface area contributed by atoms with Gasteiger partial charge in [-0.25, -0.2) is 9.07 Å². The average molecular weight is 343 g/mol. The zero-order valence-corrected chi connectivity index (χ0v) is 13.9. The predicted octanol–water partition coefficient (Wildman–Crippen LogP) is 2.83. The van der Waals surface area contributed by atoms with Gasteiger partial charge in [0.25, 0.3) is 0 Å². The maximum atomic E-state index is 13.1. The molecule has 2 aromatic heterocycles. The summed E-state index contributed by atoms with van der Waals surface area (Å²) >= 11 is 0. The Bertz CT molecular complexity index is 931. The summed E-state index contributed by atoms with van der Waals surface area (Å²) in [5, 5.41) is 16.8. The molecule has 0 aliphatic heterocycles. The van der Waals surface area contributed by atoms with Crippen molar-refractivity contribution in [2.75, 3.05) is 0 Å². The molecule has 0 saturated carbocycles. The van der Waals surface area contributed by atoms with Gasteiger partial charge in [0.05, 0.1) is 18.4 Å². The Morgan fingerprint density at radius 2 is 2.08 bits per heavy atom. The van der Waals surface area contributed by atoms with E-state index in [1.54, 1.807) is 23.0 Å². The first-order valence-corrected chi connectivity index (χ1v) is 7.80. The Kier molecular flexibility index (Phi) is 4.67. The maximum absolute atomic E-state index is 13.1. The van der Waals surface area contributed by atoms with E-state index in [9.17, 15) is 14.3 Å². The summed E-state index contributed by atoms with van der Waals surface area (Å²) in [4.78, 5) is 11.4. The van der Waals surface area contributed by atoms with Crippen molar-refractivity contribution in [1.29, 1.82) is 0 Å². The van der Waals surface area contributed by atoms with Gasteiger partial charge in [0, 0.05) is 23.4 Å². The molecule has 3 rings (SSSR count). The summed E-state index contributed by atoms with van der Waals surface area (Å²) in [5.74, 6) is -0.273. The van der Waals surface area contributed by atoms with E-state index in [0.717, 1.165) is 23.2 Å². The van der Waals surface area contributed by atoms with Crippen molar-refractivity contribution in [2.45, 2.75) is 26.4 Å². The van der Waals surface area contributed by atoms with Crippen LogP contribution in [0.4, 0.5) is 4.39 Å². The van der Waals surface area contributed by atoms with E-state index in [2.05, 4.69) is 10.4 Å². The lowest BCUT2D eigenvalue weighted by Gasteiger charge is -2.13. The van der Waals surface area contributed by atoms with Crippen LogP contribution in [0, 0.1) is 12.7 Å². The number of halogens is 1. The summed E-state index contributed by atoms with van der Waals surface area (Å²) in [7, 11) is 0. The molecule has 0 saturated heterocycles. The summed E-state index contributed by atoms with van der Waals surface area (Å²) in [5.41, 5.74) is 2.21. The topological polar surface area (TPSA) is 80.3 Å². The Morgan fingerprint density at radius 3 is 2.76 bits per heavy atom. The van der Waals surface area contributed by atoms with Crippen LogP contribution >= 0.6 is 0 Å². The van der Waals surface area contributed by atoms with Gasteiger partial charge in [-0.05, 0) is 38.1 Å². The predicted molar refractivity (Wildman–Crippen MR) is 90.2 cm³/mol. The molecular formula is C18H18FN3O3. The molecule has 0 amide bonds. The molecule has 0 bridgehead atoms. The van der Waals surface area contributed by atoms with E-state index < -0.39 is 11.2 Å². The minimum absolute atomic E-state index is 0.0479. The number of benzene rings is 1. The molecule has 1 atom stereocenters. The van der Waals surface area contributed by atoms with Crippen molar-refractivity contribution in [3.8, 4) is 11.4 Å². The fourth-order valence-electron chi connectivity index (χ4n) is 2.59. The number of nitrogens with one attached hydrogen (secondary N) is 1. The average Bonchev–Trinajstić information content (AvgIpc) is 2.98. The Morgan fingerprint density at radius 1 is 1.36 bits per heavy atom. The highest BCUT2D eigenvalue weighted by Crippen LogP contribution is 2.20. The Labute approximate surface area is 143 Å². The van der Waals surface area contributed by atoms with Crippen LogP contribution in [0.5, 0.6) is 5.75 Å². The van der Waals surface area contributed by atoms with Crippen LogP contribution in [0.2, 0.25) is 0 Å². The quantitative estimate of drug-likeness (QED) is 0.745. The van der Waals surface area contributed by atoms with E-state index in [4.69, 9.17) is 4.42 Å². The monoisotopic (exact) mass is 343 g/mol. The molecule has 25 heavy (non-hydrogen) atoms. The zero-order valence-electron chi connectivity index (χ0n) is 13.9. The molecule has 1 aromatic carbocycles. The molecule has 1 unspecified atom stereocenters. The van der Waals surface area contributed by atoms with E-state index in [1.807, 2.05) is 13.8 Å². The normalized spacial score (nSPS) is 12.3. The smallest absolute Gasteiger partial charge is 0.226 e. The third kappa shape index (κ3) is 3.61. The van der Waals surface area contributed by atoms with E-state index in [-0.39, 0.29) is 11.9 Å². The van der Waals surface area contributed by atoms with Crippen LogP contribution in [0.3, 0.4) is 0 Å². The molecule has 3 aromatic rings. The first-order valence-electron chi connectivity index (χ1n) is 7.80. The summed E-state index contributed by atoms with van der Waals surface area (Å²) in [6.45, 7) is 4.24. The third-order valence-electron chi connectivity index (χ3n) is 4.03. The third-order valence-corrected chi connectivity index (χ3v) is 4.03. The van der Waals surface area contributed by atoms with Crippen molar-refractivity contribution in [3.05, 3.63) is 75.9 Å². The van der Waals surface area contributed by atoms with E-state index in [1.165, 1.54) is 18.2 Å². The summed E-state index contributed by atoms with van der Waals surface area (Å²) in [6.07, 6.45) is 2.78. The number of aromatic nitrogens is 2. The van der Waals surface area contributed by atoms with Gasteiger partial charge in [-0.1, -0.05) is 0 Å². The van der Waals surface area contributed by atoms with Gasteiger partial charge < -0.3 is 14.8 Å². The van der Waals surface area contributed by atoms with E-state index in [0.29, 0.717) is 12.3 Å². The first-order chi connectivity index (χ1) is 12.0. The van der Waals surface area contributed by atoms with Crippen LogP contribution in [-0.2, 0) is 6.54 Å². The molecule has 0 spiro atoms. The lowest BCUT2D eigenvalue weighted by molar-refractivity contribution is 0.399. The van der Waals surface area contributed by atoms with Gasteiger partial charge in [0.1, 0.15) is 17.8 Å². The van der Waals surface area contributed by atoms with Gasteiger partial charge in [-0.15, -0.1) is 0 Å². The zero-order chi connectivity index (χ0) is 18.0. The minimum Gasteiger partial charge on any atom is -0.502 e. The van der Waals surface area contributed by atoms with Gasteiger partial charge in [0.15, 0.2) is 5.75 Å². The van der Waals surface area contributed by atoms with Crippen LogP contribution in [0.1, 0.15) is 30.0 Å². The first kappa shape index (κ1) is 16.9. The van der Waals surface area contributed by atoms with Gasteiger partial charge in [-0.2, -0.15) is 5.10 Å². The fourth-order valence-corrected chi connectivity index (χ4v) is 2.59. The molecule has 0 fully saturated rings. The SMILES string of the molecule is Cc1c(C(C)NCc2cc(=O)c(O)co2)cnn1-c1ccc(F)cc1.